The minimum absolute atomic E-state index is 0.184. The number of hydrogen-bond donors (Lipinski definition) is 2. The summed E-state index contributed by atoms with van der Waals surface area (Å²) in [5.41, 5.74) is 6.79. The first kappa shape index (κ1) is 15.3. The van der Waals surface area contributed by atoms with Gasteiger partial charge < -0.3 is 20.5 Å². The highest BCUT2D eigenvalue weighted by atomic mass is 16.6. The third kappa shape index (κ3) is 3.93. The monoisotopic (exact) mass is 293 g/mol. The van der Waals surface area contributed by atoms with Crippen LogP contribution in [0.2, 0.25) is 0 Å². The molecular weight excluding hydrogens is 274 g/mol. The third-order valence-electron chi connectivity index (χ3n) is 3.21. The van der Waals surface area contributed by atoms with Gasteiger partial charge in [-0.2, -0.15) is 0 Å². The van der Waals surface area contributed by atoms with E-state index in [9.17, 15) is 9.59 Å². The predicted molar refractivity (Wildman–Crippen MR) is 78.2 cm³/mol. The van der Waals surface area contributed by atoms with Crippen molar-refractivity contribution in [2.45, 2.75) is 12.5 Å². The Hall–Kier alpha value is -2.12. The molecule has 2 amide bonds. The smallest absolute Gasteiger partial charge is 0.414 e. The van der Waals surface area contributed by atoms with Gasteiger partial charge in [-0.15, -0.1) is 0 Å². The number of hydrogen-bond acceptors (Lipinski definition) is 5. The molecule has 0 bridgehead atoms. The van der Waals surface area contributed by atoms with Gasteiger partial charge in [0.05, 0.1) is 19.1 Å². The van der Waals surface area contributed by atoms with E-state index in [1.54, 1.807) is 24.3 Å². The third-order valence-corrected chi connectivity index (χ3v) is 3.21. The summed E-state index contributed by atoms with van der Waals surface area (Å²) in [5.74, 6) is -0.187. The van der Waals surface area contributed by atoms with Crippen molar-refractivity contribution in [3.63, 3.8) is 0 Å². The van der Waals surface area contributed by atoms with Gasteiger partial charge in [0.25, 0.3) is 0 Å². The molecule has 7 nitrogen and oxygen atoms in total. The SMILES string of the molecule is COC(CN)CC(=O)Nc1cccc(N2CCOC2=O)c1. The molecule has 0 aromatic heterocycles. The molecular formula is C14H19N3O4. The van der Waals surface area contributed by atoms with E-state index in [4.69, 9.17) is 15.2 Å². The molecule has 1 saturated heterocycles. The molecule has 1 unspecified atom stereocenters. The molecule has 0 spiro atoms. The van der Waals surface area contributed by atoms with Crippen LogP contribution >= 0.6 is 0 Å². The number of nitrogens with one attached hydrogen (secondary N) is 1. The summed E-state index contributed by atoms with van der Waals surface area (Å²) in [6.07, 6.45) is -0.494. The van der Waals surface area contributed by atoms with Crippen LogP contribution in [0.5, 0.6) is 0 Å². The van der Waals surface area contributed by atoms with Gasteiger partial charge in [0.2, 0.25) is 5.91 Å². The van der Waals surface area contributed by atoms with Gasteiger partial charge in [-0.05, 0) is 18.2 Å². The first-order valence-corrected chi connectivity index (χ1v) is 6.71. The Morgan fingerprint density at radius 2 is 2.38 bits per heavy atom. The van der Waals surface area contributed by atoms with Crippen LogP contribution in [0.25, 0.3) is 0 Å². The number of nitrogens with two attached hydrogens (primary N) is 1. The van der Waals surface area contributed by atoms with Crippen LogP contribution in [-0.2, 0) is 14.3 Å². The fourth-order valence-electron chi connectivity index (χ4n) is 2.06. The van der Waals surface area contributed by atoms with Gasteiger partial charge in [0.15, 0.2) is 0 Å². The van der Waals surface area contributed by atoms with Crippen molar-refractivity contribution < 1.29 is 19.1 Å². The summed E-state index contributed by atoms with van der Waals surface area (Å²) in [6, 6.07) is 7.05. The molecule has 0 radical (unpaired) electrons. The normalized spacial score (nSPS) is 15.7. The maximum Gasteiger partial charge on any atom is 0.414 e. The Balaban J connectivity index is 2.01. The van der Waals surface area contributed by atoms with Crippen LogP contribution in [0.15, 0.2) is 24.3 Å². The van der Waals surface area contributed by atoms with Crippen molar-refractivity contribution in [2.24, 2.45) is 5.73 Å². The second kappa shape index (κ2) is 7.05. The fourth-order valence-corrected chi connectivity index (χ4v) is 2.06. The predicted octanol–water partition coefficient (Wildman–Crippen LogP) is 0.945. The Morgan fingerprint density at radius 1 is 1.57 bits per heavy atom. The van der Waals surface area contributed by atoms with Crippen molar-refractivity contribution in [3.8, 4) is 0 Å². The highest BCUT2D eigenvalue weighted by molar-refractivity contribution is 5.93. The zero-order chi connectivity index (χ0) is 15.2. The summed E-state index contributed by atoms with van der Waals surface area (Å²) in [5, 5.41) is 2.77. The van der Waals surface area contributed by atoms with Crippen molar-refractivity contribution in [1.29, 1.82) is 0 Å². The van der Waals surface area contributed by atoms with Crippen LogP contribution in [0.4, 0.5) is 16.2 Å². The molecule has 2 rings (SSSR count). The topological polar surface area (TPSA) is 93.9 Å². The van der Waals surface area contributed by atoms with Crippen LogP contribution in [0, 0.1) is 0 Å². The first-order valence-electron chi connectivity index (χ1n) is 6.71. The summed E-state index contributed by atoms with van der Waals surface area (Å²) in [7, 11) is 1.52. The van der Waals surface area contributed by atoms with E-state index >= 15 is 0 Å². The molecule has 1 fully saturated rings. The maximum absolute atomic E-state index is 11.9. The first-order chi connectivity index (χ1) is 10.1. The van der Waals surface area contributed by atoms with Gasteiger partial charge in [-0.25, -0.2) is 4.79 Å². The molecule has 3 N–H and O–H groups in total. The number of carbonyl (C=O) groups is 2. The summed E-state index contributed by atoms with van der Waals surface area (Å²) < 4.78 is 9.96. The summed E-state index contributed by atoms with van der Waals surface area (Å²) in [6.45, 7) is 1.17. The molecule has 1 heterocycles. The Morgan fingerprint density at radius 3 is 3.00 bits per heavy atom. The van der Waals surface area contributed by atoms with E-state index in [1.807, 2.05) is 0 Å². The van der Waals surface area contributed by atoms with Crippen LogP contribution in [0.3, 0.4) is 0 Å². The molecule has 114 valence electrons. The van der Waals surface area contributed by atoms with Gasteiger partial charge in [-0.3, -0.25) is 9.69 Å². The standard InChI is InChI=1S/C14H19N3O4/c1-20-12(9-15)8-13(18)16-10-3-2-4-11(7-10)17-5-6-21-14(17)19/h2-4,7,12H,5-6,8-9,15H2,1H3,(H,16,18). The summed E-state index contributed by atoms with van der Waals surface area (Å²) >= 11 is 0. The van der Waals surface area contributed by atoms with Crippen molar-refractivity contribution in [2.75, 3.05) is 37.0 Å². The second-order valence-electron chi connectivity index (χ2n) is 4.66. The van der Waals surface area contributed by atoms with Crippen LogP contribution in [-0.4, -0.2) is 44.9 Å². The minimum Gasteiger partial charge on any atom is -0.447 e. The van der Waals surface area contributed by atoms with Gasteiger partial charge in [-0.1, -0.05) is 6.07 Å². The molecule has 1 aromatic rings. The van der Waals surface area contributed by atoms with Crippen molar-refractivity contribution in [1.82, 2.24) is 0 Å². The number of nitrogens with zero attached hydrogens (tertiary/aromatic N) is 1. The van der Waals surface area contributed by atoms with E-state index in [1.165, 1.54) is 12.0 Å². The van der Waals surface area contributed by atoms with E-state index in [-0.39, 0.29) is 31.1 Å². The highest BCUT2D eigenvalue weighted by Crippen LogP contribution is 2.22. The lowest BCUT2D eigenvalue weighted by atomic mass is 10.2. The Bertz CT molecular complexity index is 517. The van der Waals surface area contributed by atoms with Crippen LogP contribution < -0.4 is 16.0 Å². The maximum atomic E-state index is 11.9. The van der Waals surface area contributed by atoms with Gasteiger partial charge >= 0.3 is 6.09 Å². The van der Waals surface area contributed by atoms with Gasteiger partial charge in [0, 0.05) is 25.0 Å². The number of ether oxygens (including phenoxy) is 2. The van der Waals surface area contributed by atoms with Crippen molar-refractivity contribution >= 4 is 23.4 Å². The number of benzene rings is 1. The minimum atomic E-state index is -0.374. The lowest BCUT2D eigenvalue weighted by Gasteiger charge is -2.15. The molecule has 1 atom stereocenters. The summed E-state index contributed by atoms with van der Waals surface area (Å²) in [4.78, 5) is 24.9. The highest BCUT2D eigenvalue weighted by Gasteiger charge is 2.23. The lowest BCUT2D eigenvalue weighted by molar-refractivity contribution is -0.118. The molecule has 1 aromatic carbocycles. The fraction of sp³-hybridized carbons (Fsp3) is 0.429. The molecule has 0 aliphatic carbocycles. The Kier molecular flexibility index (Phi) is 5.13. The van der Waals surface area contributed by atoms with E-state index in [0.717, 1.165) is 0 Å². The molecule has 1 aliphatic heterocycles. The average molecular weight is 293 g/mol. The molecule has 1 aliphatic rings. The average Bonchev–Trinajstić information content (AvgIpc) is 2.91. The van der Waals surface area contributed by atoms with Crippen LogP contribution in [0.1, 0.15) is 6.42 Å². The zero-order valence-corrected chi connectivity index (χ0v) is 11.9. The number of amides is 2. The van der Waals surface area contributed by atoms with E-state index < -0.39 is 0 Å². The Labute approximate surface area is 123 Å². The zero-order valence-electron chi connectivity index (χ0n) is 11.9. The number of carbonyl (C=O) groups excluding carboxylic acids is 2. The molecule has 7 heteroatoms. The number of rotatable bonds is 6. The van der Waals surface area contributed by atoms with Gasteiger partial charge in [0.1, 0.15) is 6.61 Å². The molecule has 0 saturated carbocycles. The number of methoxy groups -OCH3 is 1. The lowest BCUT2D eigenvalue weighted by Crippen LogP contribution is -2.28. The van der Waals surface area contributed by atoms with E-state index in [2.05, 4.69) is 5.32 Å². The largest absolute Gasteiger partial charge is 0.447 e. The van der Waals surface area contributed by atoms with E-state index in [0.29, 0.717) is 24.5 Å². The van der Waals surface area contributed by atoms with Crippen molar-refractivity contribution in [3.05, 3.63) is 24.3 Å². The second-order valence-corrected chi connectivity index (χ2v) is 4.66. The number of anilines is 2. The quantitative estimate of drug-likeness (QED) is 0.814. The number of cyclic esters (lactones) is 1. The molecule has 21 heavy (non-hydrogen) atoms.